The molecule has 0 amide bonds. The molecule has 0 fully saturated rings. The lowest BCUT2D eigenvalue weighted by Crippen LogP contribution is -2.29. The van der Waals surface area contributed by atoms with Crippen LogP contribution >= 0.6 is 0 Å². The first-order chi connectivity index (χ1) is 61.5. The van der Waals surface area contributed by atoms with Crippen LogP contribution in [0.4, 0.5) is 0 Å². The van der Waals surface area contributed by atoms with E-state index in [4.69, 9.17) is 34.3 Å². The smallest absolute Gasteiger partial charge is 0.164 e. The molecule has 5 aliphatic rings. The molecule has 7 nitrogen and oxygen atoms in total. The van der Waals surface area contributed by atoms with Crippen LogP contribution in [0.3, 0.4) is 0 Å². The Labute approximate surface area is 724 Å². The molecular weight excluding hydrogens is 1520 g/mol. The van der Waals surface area contributed by atoms with E-state index < -0.39 is 10.8 Å². The van der Waals surface area contributed by atoms with Crippen LogP contribution in [0.25, 0.3) is 190 Å². The van der Waals surface area contributed by atoms with Gasteiger partial charge in [-0.1, -0.05) is 396 Å². The van der Waals surface area contributed by atoms with E-state index in [1.165, 1.54) is 139 Å². The Balaban J connectivity index is 0.000000139. The molecule has 0 saturated heterocycles. The minimum absolute atomic E-state index is 0. The van der Waals surface area contributed by atoms with E-state index in [9.17, 15) is 0 Å². The molecule has 0 unspecified atom stereocenters. The van der Waals surface area contributed by atoms with Crippen molar-refractivity contribution in [3.05, 3.63) is 480 Å². The topological polar surface area (TPSA) is 90.5 Å². The third-order valence-corrected chi connectivity index (χ3v) is 26.4. The summed E-state index contributed by atoms with van der Waals surface area (Å²) in [7, 11) is 0. The molecule has 18 aromatic carbocycles. The Morgan fingerprint density at radius 1 is 0.176 bits per heavy atom. The largest absolute Gasteiger partial charge is 0.456 e. The summed E-state index contributed by atoms with van der Waals surface area (Å²) in [5.41, 5.74) is 41.0. The quantitative estimate of drug-likeness (QED) is 0.150. The molecule has 0 aliphatic heterocycles. The number of para-hydroxylation sites is 1. The van der Waals surface area contributed by atoms with Crippen LogP contribution in [0, 0.1) is 0 Å². The van der Waals surface area contributed by atoms with E-state index in [2.05, 4.69) is 388 Å². The van der Waals surface area contributed by atoms with Crippen LogP contribution < -0.4 is 0 Å². The van der Waals surface area contributed by atoms with Crippen molar-refractivity contribution in [3.63, 3.8) is 0 Å². The highest BCUT2D eigenvalue weighted by Crippen LogP contribution is 2.64. The molecule has 3 heterocycles. The molecule has 2 spiro atoms. The van der Waals surface area contributed by atoms with Crippen LogP contribution in [0.2, 0.25) is 0 Å². The zero-order valence-electron chi connectivity index (χ0n) is 67.2. The van der Waals surface area contributed by atoms with Gasteiger partial charge in [-0.3, -0.25) is 0 Å². The monoisotopic (exact) mass is 1590 g/mol. The van der Waals surface area contributed by atoms with E-state index in [0.29, 0.717) is 34.9 Å². The molecule has 125 heavy (non-hydrogen) atoms. The van der Waals surface area contributed by atoms with E-state index in [1.807, 2.05) is 36.4 Å². The summed E-state index contributed by atoms with van der Waals surface area (Å²) in [6.07, 6.45) is 0.897. The number of fused-ring (bicyclic) bond motifs is 30. The summed E-state index contributed by atoms with van der Waals surface area (Å²) in [5, 5.41) is 2.09. The predicted molar refractivity (Wildman–Crippen MR) is 509 cm³/mol. The lowest BCUT2D eigenvalue weighted by atomic mass is 9.66. The Kier molecular flexibility index (Phi) is 16.9. The van der Waals surface area contributed by atoms with Crippen molar-refractivity contribution in [2.24, 2.45) is 0 Å². The number of hydrogen-bond acceptors (Lipinski definition) is 7. The molecule has 0 radical (unpaired) electrons. The molecule has 7 heteroatoms. The van der Waals surface area contributed by atoms with Gasteiger partial charge < -0.3 is 4.42 Å². The maximum absolute atomic E-state index is 6.21. The van der Waals surface area contributed by atoms with Gasteiger partial charge in [-0.15, -0.1) is 0 Å². The molecule has 584 valence electrons. The van der Waals surface area contributed by atoms with Crippen molar-refractivity contribution in [1.82, 2.24) is 29.9 Å². The van der Waals surface area contributed by atoms with Crippen LogP contribution in [0.15, 0.2) is 429 Å². The van der Waals surface area contributed by atoms with Crippen molar-refractivity contribution in [1.29, 1.82) is 0 Å². The van der Waals surface area contributed by atoms with Gasteiger partial charge >= 0.3 is 0 Å². The highest BCUT2D eigenvalue weighted by Gasteiger charge is 2.52. The second-order valence-corrected chi connectivity index (χ2v) is 32.9. The van der Waals surface area contributed by atoms with E-state index in [-0.39, 0.29) is 7.43 Å². The van der Waals surface area contributed by atoms with Crippen molar-refractivity contribution < 1.29 is 4.42 Å². The standard InChI is InChI=1S/C59H37N3.C58H35N3O.CH4/c1-2-15-37(16-3-1)38-29-31-39(32-30-38)56-60-57(62-58(61-56)49-25-14-18-41-35-40-17-4-5-19-43(40)55(41)49)42-33-34-54-50(36-42)48-24-10-13-28-53(48)59(54)51-26-11-8-22-46(51)44-20-6-7-21-45(44)47-23-9-12-27-52(47)59;1-2-14-36(15-3-1)37-26-28-38(29-27-37)55-59-56(61-57(60-55)40-31-33-54-48(35-40)46-21-9-13-25-53(46)62-54)39-30-32-52-47(34-39)45-20-8-12-24-51(45)58(52)49-22-10-6-18-43(49)41-16-4-5-17-42(41)44-19-7-11-23-50(44)58;/h1-34,36H,35H2;1-35H;1H4. The van der Waals surface area contributed by atoms with Gasteiger partial charge in [-0.2, -0.15) is 0 Å². The average Bonchev–Trinajstić information content (AvgIpc) is 1.52. The zero-order chi connectivity index (χ0) is 81.6. The first-order valence-electron chi connectivity index (χ1n) is 42.5. The maximum atomic E-state index is 6.21. The summed E-state index contributed by atoms with van der Waals surface area (Å²) < 4.78 is 6.21. The lowest BCUT2D eigenvalue weighted by Gasteiger charge is -2.35. The second kappa shape index (κ2) is 29.0. The van der Waals surface area contributed by atoms with Gasteiger partial charge in [0.05, 0.1) is 10.8 Å². The summed E-state index contributed by atoms with van der Waals surface area (Å²) in [4.78, 5) is 31.7. The van der Waals surface area contributed by atoms with Crippen LogP contribution in [0.5, 0.6) is 0 Å². The molecule has 26 rings (SSSR count). The van der Waals surface area contributed by atoms with Gasteiger partial charge in [0.1, 0.15) is 11.2 Å². The summed E-state index contributed by atoms with van der Waals surface area (Å²) in [5.74, 6) is 3.80. The van der Waals surface area contributed by atoms with Crippen LogP contribution in [-0.2, 0) is 17.3 Å². The van der Waals surface area contributed by atoms with Gasteiger partial charge in [0, 0.05) is 44.2 Å². The van der Waals surface area contributed by atoms with Crippen LogP contribution in [-0.4, -0.2) is 29.9 Å². The summed E-state index contributed by atoms with van der Waals surface area (Å²) >= 11 is 0. The molecule has 0 atom stereocenters. The highest BCUT2D eigenvalue weighted by atomic mass is 16.3. The van der Waals surface area contributed by atoms with Crippen molar-refractivity contribution in [2.45, 2.75) is 24.7 Å². The van der Waals surface area contributed by atoms with Gasteiger partial charge in [0.25, 0.3) is 0 Å². The first kappa shape index (κ1) is 72.8. The van der Waals surface area contributed by atoms with E-state index in [1.54, 1.807) is 0 Å². The number of benzene rings is 18. The van der Waals surface area contributed by atoms with Gasteiger partial charge in [-0.05, 0) is 199 Å². The minimum Gasteiger partial charge on any atom is -0.456 e. The zero-order valence-corrected chi connectivity index (χ0v) is 67.2. The number of nitrogens with zero attached hydrogens (tertiary/aromatic N) is 6. The maximum Gasteiger partial charge on any atom is 0.164 e. The van der Waals surface area contributed by atoms with Gasteiger partial charge in [0.15, 0.2) is 34.9 Å². The van der Waals surface area contributed by atoms with Gasteiger partial charge in [-0.25, -0.2) is 29.9 Å². The Hall–Kier alpha value is -16.2. The SMILES string of the molecule is C.c1ccc(-c2ccc(-c3nc(-c4ccc5c(c4)-c4ccccc4C54c5ccccc5-c5ccccc5-c5ccccc54)nc(-c4ccc5oc6ccccc6c5c4)n3)cc2)cc1.c1ccc(-c2ccc(-c3nc(-c4ccc5c(c4)-c4ccccc4C54c5ccccc5-c5ccccc5-c5ccccc54)nc(-c4cccc5c4-c4ccccc4C5)n3)cc2)cc1. The van der Waals surface area contributed by atoms with Crippen molar-refractivity contribution >= 4 is 21.9 Å². The van der Waals surface area contributed by atoms with E-state index >= 15 is 0 Å². The molecule has 21 aromatic rings. The highest BCUT2D eigenvalue weighted by molar-refractivity contribution is 6.07. The second-order valence-electron chi connectivity index (χ2n) is 32.9. The Morgan fingerprint density at radius 3 is 0.888 bits per heavy atom. The third kappa shape index (κ3) is 11.3. The number of rotatable bonds is 8. The molecule has 0 bridgehead atoms. The predicted octanol–water partition coefficient (Wildman–Crippen LogP) is 29.2. The molecule has 5 aliphatic carbocycles. The first-order valence-corrected chi connectivity index (χ1v) is 42.5. The average molecular weight is 1590 g/mol. The number of hydrogen-bond donors (Lipinski definition) is 0. The fraction of sp³-hybridized carbons (Fsp3) is 0.0339. The normalized spacial score (nSPS) is 13.0. The van der Waals surface area contributed by atoms with Crippen LogP contribution in [0.1, 0.15) is 63.1 Å². The van der Waals surface area contributed by atoms with E-state index in [0.717, 1.165) is 78.4 Å². The Bertz CT molecular complexity index is 7830. The third-order valence-electron chi connectivity index (χ3n) is 26.4. The fourth-order valence-corrected chi connectivity index (χ4v) is 21.0. The number of aromatic nitrogens is 6. The summed E-state index contributed by atoms with van der Waals surface area (Å²) in [6, 6.07) is 153. The summed E-state index contributed by atoms with van der Waals surface area (Å²) in [6.45, 7) is 0. The minimum atomic E-state index is -0.560. The Morgan fingerprint density at radius 2 is 0.456 bits per heavy atom. The van der Waals surface area contributed by atoms with Crippen molar-refractivity contribution in [3.8, 4) is 168 Å². The van der Waals surface area contributed by atoms with Crippen molar-refractivity contribution in [2.75, 3.05) is 0 Å². The molecule has 0 N–H and O–H groups in total. The molecular formula is C118H76N6O. The van der Waals surface area contributed by atoms with Gasteiger partial charge in [0.2, 0.25) is 0 Å². The fourth-order valence-electron chi connectivity index (χ4n) is 21.0. The molecule has 3 aromatic heterocycles. The lowest BCUT2D eigenvalue weighted by molar-refractivity contribution is 0.669. The molecule has 0 saturated carbocycles. The number of furan rings is 1.